The van der Waals surface area contributed by atoms with Gasteiger partial charge in [0, 0.05) is 6.04 Å². The molecule has 0 aliphatic carbocycles. The number of nitrogens with two attached hydrogens (primary N) is 1. The third-order valence-electron chi connectivity index (χ3n) is 3.69. The zero-order chi connectivity index (χ0) is 14.6. The van der Waals surface area contributed by atoms with Gasteiger partial charge in [0.05, 0.1) is 0 Å². The summed E-state index contributed by atoms with van der Waals surface area (Å²) in [6.07, 6.45) is 0.764. The minimum Gasteiger partial charge on any atom is -0.379 e. The van der Waals surface area contributed by atoms with Crippen LogP contribution in [-0.2, 0) is 5.60 Å². The predicted molar refractivity (Wildman–Crippen MR) is 83.3 cm³/mol. The maximum Gasteiger partial charge on any atom is 0.130 e. The monoisotopic (exact) mass is 269 g/mol. The standard InChI is InChI=1S/C18H23NO/c1-14(2)13-17(19)18(20,15-9-5-3-6-10-15)16-11-7-4-8-12-16/h3-12,14,17,20H,13,19H2,1-2H3/t17-/m1/s1. The van der Waals surface area contributed by atoms with Gasteiger partial charge < -0.3 is 10.8 Å². The molecule has 106 valence electrons. The van der Waals surface area contributed by atoms with Gasteiger partial charge in [0.15, 0.2) is 0 Å². The van der Waals surface area contributed by atoms with Crippen LogP contribution in [0.3, 0.4) is 0 Å². The molecule has 0 unspecified atom stereocenters. The van der Waals surface area contributed by atoms with E-state index in [4.69, 9.17) is 5.73 Å². The fourth-order valence-corrected chi connectivity index (χ4v) is 2.66. The number of benzene rings is 2. The van der Waals surface area contributed by atoms with Crippen LogP contribution in [0.4, 0.5) is 0 Å². The van der Waals surface area contributed by atoms with Crippen molar-refractivity contribution in [3.63, 3.8) is 0 Å². The molecule has 0 aliphatic heterocycles. The quantitative estimate of drug-likeness (QED) is 0.875. The van der Waals surface area contributed by atoms with E-state index in [-0.39, 0.29) is 6.04 Å². The predicted octanol–water partition coefficient (Wildman–Crippen LogP) is 3.30. The second kappa shape index (κ2) is 6.21. The lowest BCUT2D eigenvalue weighted by atomic mass is 9.78. The molecule has 0 radical (unpaired) electrons. The smallest absolute Gasteiger partial charge is 0.130 e. The average Bonchev–Trinajstić information content (AvgIpc) is 2.47. The topological polar surface area (TPSA) is 46.2 Å². The first-order valence-corrected chi connectivity index (χ1v) is 7.14. The highest BCUT2D eigenvalue weighted by molar-refractivity contribution is 5.37. The minimum absolute atomic E-state index is 0.340. The van der Waals surface area contributed by atoms with E-state index in [1.54, 1.807) is 0 Å². The van der Waals surface area contributed by atoms with Gasteiger partial charge in [-0.15, -0.1) is 0 Å². The molecule has 0 heterocycles. The normalized spacial score (nSPS) is 13.4. The van der Waals surface area contributed by atoms with E-state index in [0.717, 1.165) is 17.5 Å². The van der Waals surface area contributed by atoms with Crippen molar-refractivity contribution in [2.45, 2.75) is 31.9 Å². The van der Waals surface area contributed by atoms with Crippen LogP contribution < -0.4 is 5.73 Å². The van der Waals surface area contributed by atoms with Crippen molar-refractivity contribution in [3.8, 4) is 0 Å². The summed E-state index contributed by atoms with van der Waals surface area (Å²) in [6.45, 7) is 4.24. The van der Waals surface area contributed by atoms with Crippen LogP contribution in [0, 0.1) is 5.92 Å². The Morgan fingerprint density at radius 3 is 1.65 bits per heavy atom. The molecule has 0 aromatic heterocycles. The molecule has 3 N–H and O–H groups in total. The lowest BCUT2D eigenvalue weighted by Crippen LogP contribution is -2.47. The molecule has 0 fully saturated rings. The second-order valence-electron chi connectivity index (χ2n) is 5.73. The molecule has 2 rings (SSSR count). The van der Waals surface area contributed by atoms with Gasteiger partial charge in [0.25, 0.3) is 0 Å². The number of hydrogen-bond acceptors (Lipinski definition) is 2. The molecular weight excluding hydrogens is 246 g/mol. The molecule has 0 aliphatic rings. The lowest BCUT2D eigenvalue weighted by Gasteiger charge is -2.36. The second-order valence-corrected chi connectivity index (χ2v) is 5.73. The Balaban J connectivity index is 2.49. The maximum absolute atomic E-state index is 11.3. The fourth-order valence-electron chi connectivity index (χ4n) is 2.66. The Labute approximate surface area is 121 Å². The zero-order valence-corrected chi connectivity index (χ0v) is 12.2. The highest BCUT2D eigenvalue weighted by atomic mass is 16.3. The first kappa shape index (κ1) is 14.8. The van der Waals surface area contributed by atoms with Crippen molar-refractivity contribution in [2.24, 2.45) is 11.7 Å². The third kappa shape index (κ3) is 2.92. The molecular formula is C18H23NO. The van der Waals surface area contributed by atoms with E-state index in [1.165, 1.54) is 0 Å². The molecule has 1 atom stereocenters. The Bertz CT molecular complexity index is 482. The highest BCUT2D eigenvalue weighted by Gasteiger charge is 2.38. The van der Waals surface area contributed by atoms with Gasteiger partial charge >= 0.3 is 0 Å². The lowest BCUT2D eigenvalue weighted by molar-refractivity contribution is 0.0442. The van der Waals surface area contributed by atoms with Crippen molar-refractivity contribution in [3.05, 3.63) is 71.8 Å². The summed E-state index contributed by atoms with van der Waals surface area (Å²) in [5.74, 6) is 0.434. The Hall–Kier alpha value is -1.64. The van der Waals surface area contributed by atoms with Crippen molar-refractivity contribution < 1.29 is 5.11 Å². The van der Waals surface area contributed by atoms with E-state index < -0.39 is 5.60 Å². The van der Waals surface area contributed by atoms with Crippen molar-refractivity contribution in [1.29, 1.82) is 0 Å². The van der Waals surface area contributed by atoms with Gasteiger partial charge in [-0.3, -0.25) is 0 Å². The maximum atomic E-state index is 11.3. The first-order chi connectivity index (χ1) is 9.55. The average molecular weight is 269 g/mol. The van der Waals surface area contributed by atoms with Gasteiger partial charge in [0.1, 0.15) is 5.60 Å². The summed E-state index contributed by atoms with van der Waals surface area (Å²) in [6, 6.07) is 19.0. The molecule has 0 amide bonds. The van der Waals surface area contributed by atoms with Gasteiger partial charge in [-0.2, -0.15) is 0 Å². The molecule has 2 aromatic rings. The molecule has 0 saturated carbocycles. The summed E-state index contributed by atoms with van der Waals surface area (Å²) < 4.78 is 0. The Morgan fingerprint density at radius 1 is 0.900 bits per heavy atom. The molecule has 2 nitrogen and oxygen atoms in total. The van der Waals surface area contributed by atoms with E-state index in [2.05, 4.69) is 13.8 Å². The van der Waals surface area contributed by atoms with Gasteiger partial charge in [0.2, 0.25) is 0 Å². The highest BCUT2D eigenvalue weighted by Crippen LogP contribution is 2.34. The molecule has 2 heteroatoms. The van der Waals surface area contributed by atoms with E-state index in [9.17, 15) is 5.11 Å². The van der Waals surface area contributed by atoms with E-state index in [1.807, 2.05) is 60.7 Å². The summed E-state index contributed by atoms with van der Waals surface area (Å²) >= 11 is 0. The summed E-state index contributed by atoms with van der Waals surface area (Å²) in [4.78, 5) is 0. The summed E-state index contributed by atoms with van der Waals surface area (Å²) in [5, 5.41) is 11.3. The van der Waals surface area contributed by atoms with E-state index >= 15 is 0 Å². The van der Waals surface area contributed by atoms with Crippen LogP contribution in [0.2, 0.25) is 0 Å². The SMILES string of the molecule is CC(C)C[C@@H](N)C(O)(c1ccccc1)c1ccccc1. The number of aliphatic hydroxyl groups is 1. The van der Waals surface area contributed by atoms with Crippen molar-refractivity contribution in [1.82, 2.24) is 0 Å². The van der Waals surface area contributed by atoms with Crippen molar-refractivity contribution in [2.75, 3.05) is 0 Å². The first-order valence-electron chi connectivity index (χ1n) is 7.14. The van der Waals surface area contributed by atoms with Crippen LogP contribution >= 0.6 is 0 Å². The van der Waals surface area contributed by atoms with Crippen molar-refractivity contribution >= 4 is 0 Å². The Morgan fingerprint density at radius 2 is 1.30 bits per heavy atom. The molecule has 20 heavy (non-hydrogen) atoms. The van der Waals surface area contributed by atoms with E-state index in [0.29, 0.717) is 5.92 Å². The van der Waals surface area contributed by atoms with Crippen LogP contribution in [0.1, 0.15) is 31.4 Å². The number of hydrogen-bond donors (Lipinski definition) is 2. The fraction of sp³-hybridized carbons (Fsp3) is 0.333. The largest absolute Gasteiger partial charge is 0.379 e. The van der Waals surface area contributed by atoms with Gasteiger partial charge in [-0.1, -0.05) is 74.5 Å². The molecule has 2 aromatic carbocycles. The van der Waals surface area contributed by atoms with Crippen LogP contribution in [0.5, 0.6) is 0 Å². The molecule has 0 bridgehead atoms. The Kier molecular flexibility index (Phi) is 4.58. The number of rotatable bonds is 5. The zero-order valence-electron chi connectivity index (χ0n) is 12.2. The van der Waals surface area contributed by atoms with Crippen LogP contribution in [0.15, 0.2) is 60.7 Å². The van der Waals surface area contributed by atoms with Gasteiger partial charge in [-0.05, 0) is 23.5 Å². The van der Waals surface area contributed by atoms with Crippen LogP contribution in [-0.4, -0.2) is 11.1 Å². The van der Waals surface area contributed by atoms with Crippen LogP contribution in [0.25, 0.3) is 0 Å². The molecule has 0 saturated heterocycles. The molecule has 0 spiro atoms. The van der Waals surface area contributed by atoms with Gasteiger partial charge in [-0.25, -0.2) is 0 Å². The third-order valence-corrected chi connectivity index (χ3v) is 3.69. The minimum atomic E-state index is -1.15. The summed E-state index contributed by atoms with van der Waals surface area (Å²) in [7, 11) is 0. The summed E-state index contributed by atoms with van der Waals surface area (Å²) in [5.41, 5.74) is 6.91.